The Morgan fingerprint density at radius 2 is 2.43 bits per heavy atom. The number of nitrogens with one attached hydrogen (secondary N) is 1. The fourth-order valence-electron chi connectivity index (χ4n) is 0.796. The summed E-state index contributed by atoms with van der Waals surface area (Å²) in [5.74, 6) is -1.03. The molecule has 0 fully saturated rings. The number of esters is 1. The largest absolute Gasteiger partial charge is 0.469 e. The molecule has 1 N–H and O–H groups in total. The third-order valence-electron chi connectivity index (χ3n) is 1.36. The molecule has 14 heavy (non-hydrogen) atoms. The van der Waals surface area contributed by atoms with Crippen LogP contribution < -0.4 is 5.32 Å². The summed E-state index contributed by atoms with van der Waals surface area (Å²) in [5, 5.41) is 2.87. The molecule has 0 aliphatic carbocycles. The molecule has 0 atom stereocenters. The number of amides is 1. The summed E-state index contributed by atoms with van der Waals surface area (Å²) in [6.45, 7) is 0. The molecular formula is C7H7BN2O3S. The van der Waals surface area contributed by atoms with Crippen LogP contribution in [0.3, 0.4) is 0 Å². The maximum Gasteiger partial charge on any atom is 0.311 e. The Kier molecular flexibility index (Phi) is 3.64. The predicted octanol–water partition coefficient (Wildman–Crippen LogP) is 0.559. The highest BCUT2D eigenvalue weighted by Gasteiger charge is 2.07. The van der Waals surface area contributed by atoms with Gasteiger partial charge in [0.2, 0.25) is 7.85 Å². The fourth-order valence-corrected chi connectivity index (χ4v) is 1.46. The molecule has 2 radical (unpaired) electrons. The van der Waals surface area contributed by atoms with E-state index >= 15 is 0 Å². The first-order chi connectivity index (χ1) is 6.61. The van der Waals surface area contributed by atoms with E-state index in [0.717, 1.165) is 11.5 Å². The van der Waals surface area contributed by atoms with Gasteiger partial charge in [-0.2, -0.15) is 4.37 Å². The molecule has 1 aromatic heterocycles. The maximum atomic E-state index is 10.8. The zero-order valence-electron chi connectivity index (χ0n) is 7.44. The van der Waals surface area contributed by atoms with Crippen molar-refractivity contribution in [2.24, 2.45) is 0 Å². The summed E-state index contributed by atoms with van der Waals surface area (Å²) in [6, 6.07) is 1.58. The zero-order chi connectivity index (χ0) is 10.6. The van der Waals surface area contributed by atoms with Crippen LogP contribution in [0.15, 0.2) is 6.07 Å². The molecule has 72 valence electrons. The predicted molar refractivity (Wildman–Crippen MR) is 52.6 cm³/mol. The second kappa shape index (κ2) is 4.76. The Morgan fingerprint density at radius 3 is 3.00 bits per heavy atom. The van der Waals surface area contributed by atoms with Gasteiger partial charge in [0.1, 0.15) is 5.00 Å². The first-order valence-corrected chi connectivity index (χ1v) is 4.48. The lowest BCUT2D eigenvalue weighted by molar-refractivity contribution is -0.139. The van der Waals surface area contributed by atoms with Crippen molar-refractivity contribution >= 4 is 36.2 Å². The summed E-state index contributed by atoms with van der Waals surface area (Å²) in [4.78, 5) is 21.3. The van der Waals surface area contributed by atoms with Crippen molar-refractivity contribution in [3.63, 3.8) is 0 Å². The molecule has 0 saturated carbocycles. The van der Waals surface area contributed by atoms with Crippen LogP contribution in [0.4, 0.5) is 9.80 Å². The normalized spacial score (nSPS) is 9.50. The molecule has 0 aliphatic rings. The number of methoxy groups -OCH3 is 1. The van der Waals surface area contributed by atoms with Crippen molar-refractivity contribution in [2.75, 3.05) is 12.4 Å². The number of carbonyl (C=O) groups is 2. The standard InChI is InChI=1S/C7H7BN2O3S/c1-13-6(11)3-4-2-5(14-10-4)9-7(8)12/h2H,3H2,1H3,(H,9,12). The van der Waals surface area contributed by atoms with Crippen molar-refractivity contribution in [2.45, 2.75) is 6.42 Å². The van der Waals surface area contributed by atoms with Crippen LogP contribution in [0.2, 0.25) is 0 Å². The third-order valence-corrected chi connectivity index (χ3v) is 2.10. The van der Waals surface area contributed by atoms with Gasteiger partial charge in [-0.15, -0.1) is 0 Å². The Labute approximate surface area is 86.0 Å². The van der Waals surface area contributed by atoms with Crippen LogP contribution in [0.25, 0.3) is 0 Å². The molecule has 0 saturated heterocycles. The quantitative estimate of drug-likeness (QED) is 0.584. The van der Waals surface area contributed by atoms with Gasteiger partial charge in [-0.1, -0.05) is 0 Å². The number of rotatable bonds is 3. The van der Waals surface area contributed by atoms with Gasteiger partial charge in [0, 0.05) is 0 Å². The number of aromatic nitrogens is 1. The summed E-state index contributed by atoms with van der Waals surface area (Å²) < 4.78 is 8.39. The average molecular weight is 210 g/mol. The smallest absolute Gasteiger partial charge is 0.311 e. The lowest BCUT2D eigenvalue weighted by Crippen LogP contribution is -2.07. The van der Waals surface area contributed by atoms with Gasteiger partial charge in [0.15, 0.2) is 5.81 Å². The van der Waals surface area contributed by atoms with Crippen LogP contribution >= 0.6 is 11.5 Å². The number of anilines is 1. The van der Waals surface area contributed by atoms with E-state index in [1.807, 2.05) is 0 Å². The Hall–Kier alpha value is -1.37. The van der Waals surface area contributed by atoms with Crippen LogP contribution in [0.1, 0.15) is 5.69 Å². The van der Waals surface area contributed by atoms with Gasteiger partial charge in [-0.25, -0.2) is 0 Å². The number of hydrogen-bond acceptors (Lipinski definition) is 5. The van der Waals surface area contributed by atoms with E-state index in [1.165, 1.54) is 7.11 Å². The van der Waals surface area contributed by atoms with Crippen molar-refractivity contribution in [1.29, 1.82) is 0 Å². The zero-order valence-corrected chi connectivity index (χ0v) is 8.26. The van der Waals surface area contributed by atoms with Gasteiger partial charge < -0.3 is 10.1 Å². The van der Waals surface area contributed by atoms with Crippen molar-refractivity contribution in [3.8, 4) is 0 Å². The molecule has 1 rings (SSSR count). The fraction of sp³-hybridized carbons (Fsp3) is 0.286. The molecule has 0 aliphatic heterocycles. The van der Waals surface area contributed by atoms with E-state index in [-0.39, 0.29) is 12.4 Å². The van der Waals surface area contributed by atoms with Gasteiger partial charge in [-0.3, -0.25) is 9.59 Å². The van der Waals surface area contributed by atoms with E-state index < -0.39 is 5.81 Å². The van der Waals surface area contributed by atoms with Crippen LogP contribution in [0, 0.1) is 0 Å². The molecule has 0 aromatic carbocycles. The SMILES string of the molecule is [B]C(=O)Nc1cc(CC(=O)OC)ns1. The summed E-state index contributed by atoms with van der Waals surface area (Å²) in [5.41, 5.74) is 0.547. The van der Waals surface area contributed by atoms with Crippen LogP contribution in [-0.4, -0.2) is 31.1 Å². The Bertz CT molecular complexity index is 352. The van der Waals surface area contributed by atoms with Gasteiger partial charge >= 0.3 is 5.97 Å². The molecule has 1 amide bonds. The third kappa shape index (κ3) is 3.17. The van der Waals surface area contributed by atoms with Crippen LogP contribution in [0.5, 0.6) is 0 Å². The van der Waals surface area contributed by atoms with Crippen molar-refractivity contribution in [3.05, 3.63) is 11.8 Å². The highest BCUT2D eigenvalue weighted by molar-refractivity contribution is 7.10. The minimum atomic E-state index is -0.654. The van der Waals surface area contributed by atoms with E-state index in [4.69, 9.17) is 7.85 Å². The average Bonchev–Trinajstić information content (AvgIpc) is 2.51. The molecule has 5 nitrogen and oxygen atoms in total. The van der Waals surface area contributed by atoms with E-state index in [9.17, 15) is 9.59 Å². The minimum absolute atomic E-state index is 0.0907. The molecule has 0 bridgehead atoms. The first-order valence-electron chi connectivity index (χ1n) is 3.70. The van der Waals surface area contributed by atoms with E-state index in [1.54, 1.807) is 6.07 Å². The first kappa shape index (κ1) is 10.7. The number of hydrogen-bond donors (Lipinski definition) is 1. The Balaban J connectivity index is 2.59. The number of ether oxygens (including phenoxy) is 1. The highest BCUT2D eigenvalue weighted by atomic mass is 32.1. The maximum absolute atomic E-state index is 10.8. The topological polar surface area (TPSA) is 68.3 Å². The summed E-state index contributed by atoms with van der Waals surface area (Å²) in [7, 11) is 6.20. The van der Waals surface area contributed by atoms with E-state index in [0.29, 0.717) is 10.7 Å². The molecule has 0 unspecified atom stereocenters. The summed E-state index contributed by atoms with van der Waals surface area (Å²) in [6.07, 6.45) is 0.0907. The highest BCUT2D eigenvalue weighted by Crippen LogP contribution is 2.16. The number of nitrogens with zero attached hydrogens (tertiary/aromatic N) is 1. The summed E-state index contributed by atoms with van der Waals surface area (Å²) >= 11 is 1.06. The lowest BCUT2D eigenvalue weighted by Gasteiger charge is -1.94. The molecule has 7 heteroatoms. The minimum Gasteiger partial charge on any atom is -0.469 e. The van der Waals surface area contributed by atoms with Gasteiger partial charge in [0.05, 0.1) is 19.2 Å². The number of carbonyl (C=O) groups excluding carboxylic acids is 2. The monoisotopic (exact) mass is 210 g/mol. The van der Waals surface area contributed by atoms with Gasteiger partial charge in [-0.05, 0) is 17.6 Å². The van der Waals surface area contributed by atoms with Crippen molar-refractivity contribution < 1.29 is 14.3 Å². The van der Waals surface area contributed by atoms with Crippen LogP contribution in [-0.2, 0) is 16.0 Å². The Morgan fingerprint density at radius 1 is 1.71 bits per heavy atom. The second-order valence-corrected chi connectivity index (χ2v) is 3.23. The second-order valence-electron chi connectivity index (χ2n) is 2.42. The van der Waals surface area contributed by atoms with Crippen molar-refractivity contribution in [1.82, 2.24) is 4.37 Å². The van der Waals surface area contributed by atoms with Gasteiger partial charge in [0.25, 0.3) is 0 Å². The molecule has 0 spiro atoms. The van der Waals surface area contributed by atoms with E-state index in [2.05, 4.69) is 14.4 Å². The molecule has 1 aromatic rings. The molecule has 1 heterocycles. The molecular weight excluding hydrogens is 203 g/mol. The lowest BCUT2D eigenvalue weighted by atomic mass is 10.1.